The highest BCUT2D eigenvalue weighted by molar-refractivity contribution is 7.93. The SMILES string of the molecule is CN[C@@H](C)C(=O)N(c1cc(OC)c(OC)c(OC)c1)S(=O)(=O)c1ccc2c(ccn2C)c1. The number of nitrogens with zero attached hydrogens (tertiary/aromatic N) is 2. The molecule has 3 aromatic rings. The molecule has 0 spiro atoms. The Morgan fingerprint density at radius 3 is 2.19 bits per heavy atom. The standard InChI is InChI=1S/C22H27N3O6S/c1-14(23-2)22(26)25(16-12-19(29-4)21(31-6)20(13-16)30-5)32(27,28)17-7-8-18-15(11-17)9-10-24(18)3/h7-14,23H,1-6H3/t14-/m0/s1. The number of aromatic nitrogens is 1. The third kappa shape index (κ3) is 3.98. The minimum absolute atomic E-state index is 0.0124. The van der Waals surface area contributed by atoms with Crippen LogP contribution in [-0.4, -0.2) is 53.3 Å². The average molecular weight is 462 g/mol. The summed E-state index contributed by atoms with van der Waals surface area (Å²) >= 11 is 0. The van der Waals surface area contributed by atoms with E-state index >= 15 is 0 Å². The first-order valence-electron chi connectivity index (χ1n) is 9.81. The van der Waals surface area contributed by atoms with Crippen LogP contribution in [0.15, 0.2) is 47.5 Å². The van der Waals surface area contributed by atoms with Gasteiger partial charge in [0.05, 0.1) is 38.0 Å². The van der Waals surface area contributed by atoms with Gasteiger partial charge in [-0.25, -0.2) is 12.7 Å². The predicted molar refractivity (Wildman–Crippen MR) is 122 cm³/mol. The summed E-state index contributed by atoms with van der Waals surface area (Å²) in [6.45, 7) is 1.59. The molecule has 0 saturated heterocycles. The van der Waals surface area contributed by atoms with Crippen LogP contribution in [0.3, 0.4) is 0 Å². The number of hydrogen-bond acceptors (Lipinski definition) is 7. The monoisotopic (exact) mass is 461 g/mol. The summed E-state index contributed by atoms with van der Waals surface area (Å²) in [7, 11) is 3.45. The predicted octanol–water partition coefficient (Wildman–Crippen LogP) is 2.53. The molecule has 0 saturated carbocycles. The van der Waals surface area contributed by atoms with Gasteiger partial charge in [-0.2, -0.15) is 0 Å². The second-order valence-corrected chi connectivity index (χ2v) is 8.94. The zero-order chi connectivity index (χ0) is 23.6. The van der Waals surface area contributed by atoms with Crippen molar-refractivity contribution in [3.05, 3.63) is 42.6 Å². The highest BCUT2D eigenvalue weighted by atomic mass is 32.2. The minimum atomic E-state index is -4.28. The summed E-state index contributed by atoms with van der Waals surface area (Å²) in [4.78, 5) is 13.3. The first kappa shape index (κ1) is 23.4. The fraction of sp³-hybridized carbons (Fsp3) is 0.318. The fourth-order valence-electron chi connectivity index (χ4n) is 3.39. The van der Waals surface area contributed by atoms with Crippen LogP contribution in [-0.2, 0) is 21.9 Å². The number of amides is 1. The molecule has 0 aliphatic carbocycles. The van der Waals surface area contributed by atoms with Crippen molar-refractivity contribution in [1.29, 1.82) is 0 Å². The average Bonchev–Trinajstić information content (AvgIpc) is 3.17. The lowest BCUT2D eigenvalue weighted by molar-refractivity contribution is -0.118. The van der Waals surface area contributed by atoms with Crippen LogP contribution in [0.2, 0.25) is 0 Å². The zero-order valence-electron chi connectivity index (χ0n) is 18.9. The van der Waals surface area contributed by atoms with Crippen molar-refractivity contribution in [2.45, 2.75) is 17.9 Å². The van der Waals surface area contributed by atoms with E-state index in [-0.39, 0.29) is 27.8 Å². The fourth-order valence-corrected chi connectivity index (χ4v) is 4.90. The van der Waals surface area contributed by atoms with Gasteiger partial charge in [0.1, 0.15) is 0 Å². The Bertz CT molecular complexity index is 1230. The van der Waals surface area contributed by atoms with E-state index in [0.717, 1.165) is 15.2 Å². The third-order valence-electron chi connectivity index (χ3n) is 5.28. The maximum atomic E-state index is 13.8. The summed E-state index contributed by atoms with van der Waals surface area (Å²) in [5, 5.41) is 3.55. The molecule has 1 aromatic heterocycles. The van der Waals surface area contributed by atoms with Crippen molar-refractivity contribution >= 4 is 32.5 Å². The molecule has 2 aromatic carbocycles. The molecule has 1 N–H and O–H groups in total. The van der Waals surface area contributed by atoms with Gasteiger partial charge in [0.15, 0.2) is 11.5 Å². The number of aryl methyl sites for hydroxylation is 1. The van der Waals surface area contributed by atoms with Crippen LogP contribution in [0.25, 0.3) is 10.9 Å². The van der Waals surface area contributed by atoms with Gasteiger partial charge in [0, 0.05) is 36.3 Å². The van der Waals surface area contributed by atoms with Crippen molar-refractivity contribution in [3.63, 3.8) is 0 Å². The number of ether oxygens (including phenoxy) is 3. The van der Waals surface area contributed by atoms with Gasteiger partial charge in [-0.3, -0.25) is 4.79 Å². The van der Waals surface area contributed by atoms with E-state index in [9.17, 15) is 13.2 Å². The molecule has 172 valence electrons. The van der Waals surface area contributed by atoms with Gasteiger partial charge in [0.25, 0.3) is 15.9 Å². The third-order valence-corrected chi connectivity index (χ3v) is 7.00. The molecular formula is C22H27N3O6S. The number of sulfonamides is 1. The number of benzene rings is 2. The number of nitrogens with one attached hydrogen (secondary N) is 1. The second kappa shape index (κ2) is 9.09. The lowest BCUT2D eigenvalue weighted by Crippen LogP contribution is -2.46. The molecule has 1 atom stereocenters. The topological polar surface area (TPSA) is 99.1 Å². The first-order valence-corrected chi connectivity index (χ1v) is 11.2. The van der Waals surface area contributed by atoms with Crippen LogP contribution < -0.4 is 23.8 Å². The van der Waals surface area contributed by atoms with E-state index in [4.69, 9.17) is 14.2 Å². The first-order chi connectivity index (χ1) is 15.2. The van der Waals surface area contributed by atoms with E-state index in [1.165, 1.54) is 39.5 Å². The van der Waals surface area contributed by atoms with Crippen molar-refractivity contribution in [2.24, 2.45) is 7.05 Å². The molecule has 10 heteroatoms. The number of carbonyl (C=O) groups excluding carboxylic acids is 1. The van der Waals surface area contributed by atoms with E-state index in [2.05, 4.69) is 5.32 Å². The van der Waals surface area contributed by atoms with Crippen molar-refractivity contribution in [1.82, 2.24) is 9.88 Å². The molecule has 9 nitrogen and oxygen atoms in total. The van der Waals surface area contributed by atoms with Gasteiger partial charge in [-0.05, 0) is 38.2 Å². The Kier molecular flexibility index (Phi) is 6.65. The molecule has 3 rings (SSSR count). The lowest BCUT2D eigenvalue weighted by Gasteiger charge is -2.26. The Labute approximate surface area is 187 Å². The number of fused-ring (bicyclic) bond motifs is 1. The second-order valence-electron chi connectivity index (χ2n) is 7.15. The van der Waals surface area contributed by atoms with Gasteiger partial charge in [-0.1, -0.05) is 0 Å². The Morgan fingerprint density at radius 1 is 1.03 bits per heavy atom. The molecule has 1 heterocycles. The molecule has 0 radical (unpaired) electrons. The van der Waals surface area contributed by atoms with Crippen molar-refractivity contribution in [3.8, 4) is 17.2 Å². The Balaban J connectivity index is 2.25. The van der Waals surface area contributed by atoms with Crippen LogP contribution in [0, 0.1) is 0 Å². The minimum Gasteiger partial charge on any atom is -0.493 e. The van der Waals surface area contributed by atoms with Crippen LogP contribution in [0.4, 0.5) is 5.69 Å². The Hall–Kier alpha value is -3.24. The van der Waals surface area contributed by atoms with Crippen LogP contribution >= 0.6 is 0 Å². The maximum Gasteiger partial charge on any atom is 0.270 e. The van der Waals surface area contributed by atoms with E-state index in [1.54, 1.807) is 26.1 Å². The molecule has 0 fully saturated rings. The molecule has 0 unspecified atom stereocenters. The van der Waals surface area contributed by atoms with E-state index in [0.29, 0.717) is 0 Å². The van der Waals surface area contributed by atoms with Gasteiger partial charge < -0.3 is 24.1 Å². The number of methoxy groups -OCH3 is 3. The number of hydrogen-bond donors (Lipinski definition) is 1. The van der Waals surface area contributed by atoms with E-state index < -0.39 is 22.0 Å². The molecule has 0 aliphatic heterocycles. The van der Waals surface area contributed by atoms with Crippen molar-refractivity contribution in [2.75, 3.05) is 32.7 Å². The zero-order valence-corrected chi connectivity index (χ0v) is 19.7. The number of anilines is 1. The number of rotatable bonds is 8. The summed E-state index contributed by atoms with van der Waals surface area (Å²) in [5.41, 5.74) is 0.943. The maximum absolute atomic E-state index is 13.8. The lowest BCUT2D eigenvalue weighted by atomic mass is 10.2. The van der Waals surface area contributed by atoms with Gasteiger partial charge in [-0.15, -0.1) is 0 Å². The molecular weight excluding hydrogens is 434 g/mol. The summed E-state index contributed by atoms with van der Waals surface area (Å²) in [6.07, 6.45) is 1.84. The molecule has 0 bridgehead atoms. The number of likely N-dealkylation sites (N-methyl/N-ethyl adjacent to an activating group) is 1. The summed E-state index contributed by atoms with van der Waals surface area (Å²) in [5.74, 6) is 0.0850. The smallest absolute Gasteiger partial charge is 0.270 e. The normalized spacial score (nSPS) is 12.4. The van der Waals surface area contributed by atoms with Crippen LogP contribution in [0.5, 0.6) is 17.2 Å². The van der Waals surface area contributed by atoms with E-state index in [1.807, 2.05) is 23.9 Å². The summed E-state index contributed by atoms with van der Waals surface area (Å²) < 4.78 is 46.2. The van der Waals surface area contributed by atoms with Gasteiger partial charge in [0.2, 0.25) is 5.75 Å². The highest BCUT2D eigenvalue weighted by Crippen LogP contribution is 2.42. The van der Waals surface area contributed by atoms with Crippen LogP contribution in [0.1, 0.15) is 6.92 Å². The van der Waals surface area contributed by atoms with Gasteiger partial charge >= 0.3 is 0 Å². The Morgan fingerprint density at radius 2 is 1.66 bits per heavy atom. The largest absolute Gasteiger partial charge is 0.493 e. The number of carbonyl (C=O) groups is 1. The quantitative estimate of drug-likeness (QED) is 0.550. The summed E-state index contributed by atoms with van der Waals surface area (Å²) in [6, 6.07) is 8.65. The molecule has 1 amide bonds. The molecule has 32 heavy (non-hydrogen) atoms. The molecule has 0 aliphatic rings. The highest BCUT2D eigenvalue weighted by Gasteiger charge is 2.35. The van der Waals surface area contributed by atoms with Crippen molar-refractivity contribution < 1.29 is 27.4 Å².